The molecule has 2 N–H and O–H groups in total. The molecule has 0 bridgehead atoms. The predicted octanol–water partition coefficient (Wildman–Crippen LogP) is 2.61. The minimum atomic E-state index is -3.63. The number of morpholine rings is 1. The fourth-order valence-electron chi connectivity index (χ4n) is 7.12. The van der Waals surface area contributed by atoms with Gasteiger partial charge in [-0.05, 0) is 69.7 Å². The molecular formula is C34H53N7O5S. The molecule has 4 heterocycles. The number of piperidine rings is 1. The summed E-state index contributed by atoms with van der Waals surface area (Å²) in [5.74, 6) is 0.381. The first kappa shape index (κ1) is 35.5. The summed E-state index contributed by atoms with van der Waals surface area (Å²) in [6.07, 6.45) is 3.71. The molecule has 3 aliphatic rings. The summed E-state index contributed by atoms with van der Waals surface area (Å²) in [4.78, 5) is 33.9. The summed E-state index contributed by atoms with van der Waals surface area (Å²) in [5, 5.41) is 7.91. The van der Waals surface area contributed by atoms with Gasteiger partial charge < -0.3 is 15.0 Å². The molecule has 1 spiro atoms. The van der Waals surface area contributed by atoms with E-state index in [9.17, 15) is 18.0 Å². The molecule has 2 amide bonds. The maximum absolute atomic E-state index is 13.6. The van der Waals surface area contributed by atoms with E-state index in [-0.39, 0.29) is 16.7 Å². The van der Waals surface area contributed by atoms with Gasteiger partial charge in [0.15, 0.2) is 0 Å². The van der Waals surface area contributed by atoms with Crippen LogP contribution in [0.25, 0.3) is 5.69 Å². The van der Waals surface area contributed by atoms with Crippen molar-refractivity contribution in [2.24, 2.45) is 5.92 Å². The number of rotatable bonds is 13. The van der Waals surface area contributed by atoms with Crippen LogP contribution < -0.4 is 10.0 Å². The molecule has 260 valence electrons. The summed E-state index contributed by atoms with van der Waals surface area (Å²) in [6, 6.07) is 6.39. The van der Waals surface area contributed by atoms with Crippen molar-refractivity contribution in [1.29, 1.82) is 0 Å². The summed E-state index contributed by atoms with van der Waals surface area (Å²) < 4.78 is 35.8. The highest BCUT2D eigenvalue weighted by atomic mass is 32.2. The lowest BCUT2D eigenvalue weighted by Gasteiger charge is -2.52. The molecule has 0 saturated carbocycles. The molecule has 13 heteroatoms. The largest absolute Gasteiger partial charge is 0.379 e. The van der Waals surface area contributed by atoms with Crippen molar-refractivity contribution in [2.45, 2.75) is 89.7 Å². The van der Waals surface area contributed by atoms with Crippen LogP contribution in [0.2, 0.25) is 0 Å². The SMILES string of the molecule is CCCCN1C(=O)[C@H](CC(C)C)NC(=O)C12CCN(Cc1c(C)nn(-c3ccc(S(=O)(=O)NCCN4CCOCC4)cc3)c1C)CC2. The van der Waals surface area contributed by atoms with Crippen molar-refractivity contribution in [3.8, 4) is 5.69 Å². The van der Waals surface area contributed by atoms with Crippen LogP contribution in [0.3, 0.4) is 0 Å². The zero-order valence-electron chi connectivity index (χ0n) is 28.8. The van der Waals surface area contributed by atoms with Gasteiger partial charge >= 0.3 is 0 Å². The Hall–Kier alpha value is -2.84. The van der Waals surface area contributed by atoms with E-state index < -0.39 is 21.6 Å². The van der Waals surface area contributed by atoms with Gasteiger partial charge in [-0.2, -0.15) is 5.10 Å². The first-order valence-electron chi connectivity index (χ1n) is 17.3. The third-order valence-corrected chi connectivity index (χ3v) is 11.4. The summed E-state index contributed by atoms with van der Waals surface area (Å²) in [5.41, 5.74) is 3.03. The number of benzene rings is 1. The fraction of sp³-hybridized carbons (Fsp3) is 0.676. The summed E-state index contributed by atoms with van der Waals surface area (Å²) in [6.45, 7) is 17.0. The standard InChI is InChI=1S/C34H53N7O5S/c1-6-7-15-40-32(42)31(23-25(2)3)36-33(43)34(40)12-16-39(17-13-34)24-30-26(4)37-41(27(30)5)28-8-10-29(11-9-28)47(44,45)35-14-18-38-19-21-46-22-20-38/h8-11,25,31,35H,6-7,12-24H2,1-5H3,(H,36,43)/t31-/m0/s1. The molecule has 1 atom stereocenters. The molecule has 1 aromatic heterocycles. The van der Waals surface area contributed by atoms with Gasteiger partial charge in [0.25, 0.3) is 0 Å². The van der Waals surface area contributed by atoms with Crippen molar-refractivity contribution in [3.05, 3.63) is 41.2 Å². The van der Waals surface area contributed by atoms with E-state index in [0.717, 1.165) is 48.6 Å². The topological polar surface area (TPSA) is 129 Å². The van der Waals surface area contributed by atoms with E-state index in [4.69, 9.17) is 9.84 Å². The number of hydrogen-bond acceptors (Lipinski definition) is 8. The monoisotopic (exact) mass is 671 g/mol. The van der Waals surface area contributed by atoms with Crippen molar-refractivity contribution >= 4 is 21.8 Å². The zero-order valence-corrected chi connectivity index (χ0v) is 29.6. The Labute approximate surface area is 280 Å². The zero-order chi connectivity index (χ0) is 33.8. The molecule has 12 nitrogen and oxygen atoms in total. The van der Waals surface area contributed by atoms with Crippen LogP contribution in [0.15, 0.2) is 29.2 Å². The number of piperazine rings is 1. The van der Waals surface area contributed by atoms with E-state index in [1.54, 1.807) is 24.3 Å². The Kier molecular flexibility index (Phi) is 11.4. The number of aromatic nitrogens is 2. The van der Waals surface area contributed by atoms with Crippen molar-refractivity contribution in [2.75, 3.05) is 59.0 Å². The quantitative estimate of drug-likeness (QED) is 0.333. The second-order valence-corrected chi connectivity index (χ2v) is 15.5. The molecule has 3 fully saturated rings. The smallest absolute Gasteiger partial charge is 0.246 e. The highest BCUT2D eigenvalue weighted by Crippen LogP contribution is 2.35. The highest BCUT2D eigenvalue weighted by Gasteiger charge is 2.53. The molecule has 5 rings (SSSR count). The molecular weight excluding hydrogens is 618 g/mol. The number of carbonyl (C=O) groups excluding carboxylic acids is 2. The molecule has 47 heavy (non-hydrogen) atoms. The molecule has 2 aromatic rings. The lowest BCUT2D eigenvalue weighted by Crippen LogP contribution is -2.73. The van der Waals surface area contributed by atoms with Gasteiger partial charge in [0.1, 0.15) is 11.6 Å². The van der Waals surface area contributed by atoms with Crippen molar-refractivity contribution < 1.29 is 22.7 Å². The fourth-order valence-corrected chi connectivity index (χ4v) is 8.14. The van der Waals surface area contributed by atoms with Gasteiger partial charge in [0, 0.05) is 63.6 Å². The Bertz CT molecular complexity index is 1490. The van der Waals surface area contributed by atoms with Crippen molar-refractivity contribution in [1.82, 2.24) is 34.5 Å². The molecule has 3 saturated heterocycles. The number of amides is 2. The average Bonchev–Trinajstić information content (AvgIpc) is 3.33. The number of likely N-dealkylation sites (tertiary alicyclic amines) is 1. The molecule has 0 unspecified atom stereocenters. The number of hydrogen-bond donors (Lipinski definition) is 2. The maximum atomic E-state index is 13.6. The van der Waals surface area contributed by atoms with E-state index in [1.165, 1.54) is 0 Å². The maximum Gasteiger partial charge on any atom is 0.246 e. The Balaban J connectivity index is 1.22. The normalized spacial score (nSPS) is 21.1. The van der Waals surface area contributed by atoms with Gasteiger partial charge in [0.05, 0.1) is 29.5 Å². The van der Waals surface area contributed by atoms with E-state index in [2.05, 4.69) is 40.6 Å². The van der Waals surface area contributed by atoms with Crippen molar-refractivity contribution in [3.63, 3.8) is 0 Å². The minimum absolute atomic E-state index is 0.00329. The van der Waals surface area contributed by atoms with Crippen LogP contribution in [0.4, 0.5) is 0 Å². The first-order valence-corrected chi connectivity index (χ1v) is 18.7. The number of nitrogens with zero attached hydrogens (tertiary/aromatic N) is 5. The number of sulfonamides is 1. The Morgan fingerprint density at radius 2 is 1.70 bits per heavy atom. The Morgan fingerprint density at radius 3 is 2.34 bits per heavy atom. The van der Waals surface area contributed by atoms with Crippen LogP contribution in [-0.4, -0.2) is 115 Å². The van der Waals surface area contributed by atoms with Gasteiger partial charge in [-0.3, -0.25) is 19.4 Å². The average molecular weight is 672 g/mol. The van der Waals surface area contributed by atoms with Gasteiger partial charge in [-0.15, -0.1) is 0 Å². The van der Waals surface area contributed by atoms with E-state index >= 15 is 0 Å². The number of ether oxygens (including phenoxy) is 1. The highest BCUT2D eigenvalue weighted by molar-refractivity contribution is 7.89. The van der Waals surface area contributed by atoms with Crippen LogP contribution >= 0.6 is 0 Å². The number of unbranched alkanes of at least 4 members (excludes halogenated alkanes) is 1. The summed E-state index contributed by atoms with van der Waals surface area (Å²) in [7, 11) is -3.63. The third-order valence-electron chi connectivity index (χ3n) is 9.97. The van der Waals surface area contributed by atoms with Gasteiger partial charge in [0.2, 0.25) is 21.8 Å². The summed E-state index contributed by atoms with van der Waals surface area (Å²) >= 11 is 0. The van der Waals surface area contributed by atoms with Crippen LogP contribution in [0, 0.1) is 19.8 Å². The Morgan fingerprint density at radius 1 is 1.02 bits per heavy atom. The molecule has 0 radical (unpaired) electrons. The van der Waals surface area contributed by atoms with Crippen LogP contribution in [0.5, 0.6) is 0 Å². The van der Waals surface area contributed by atoms with E-state index in [0.29, 0.717) is 77.7 Å². The number of nitrogens with one attached hydrogen (secondary N) is 2. The van der Waals surface area contributed by atoms with Crippen LogP contribution in [-0.2, 0) is 30.9 Å². The number of aryl methyl sites for hydroxylation is 1. The second kappa shape index (κ2) is 15.1. The molecule has 0 aliphatic carbocycles. The third kappa shape index (κ3) is 7.91. The van der Waals surface area contributed by atoms with Gasteiger partial charge in [-0.25, -0.2) is 17.8 Å². The lowest BCUT2D eigenvalue weighted by molar-refractivity contribution is -0.161. The minimum Gasteiger partial charge on any atom is -0.379 e. The second-order valence-electron chi connectivity index (χ2n) is 13.7. The molecule has 1 aromatic carbocycles. The molecule has 3 aliphatic heterocycles. The lowest BCUT2D eigenvalue weighted by atomic mass is 9.80. The van der Waals surface area contributed by atoms with Crippen LogP contribution in [0.1, 0.15) is 69.8 Å². The first-order chi connectivity index (χ1) is 22.4. The predicted molar refractivity (Wildman–Crippen MR) is 181 cm³/mol. The number of carbonyl (C=O) groups is 2. The van der Waals surface area contributed by atoms with Gasteiger partial charge in [-0.1, -0.05) is 27.2 Å². The van der Waals surface area contributed by atoms with E-state index in [1.807, 2.05) is 23.4 Å².